The van der Waals surface area contributed by atoms with Gasteiger partial charge in [-0.3, -0.25) is 9.59 Å². The Morgan fingerprint density at radius 2 is 2.19 bits per heavy atom. The number of nitrogens with zero attached hydrogens (tertiary/aromatic N) is 1. The van der Waals surface area contributed by atoms with Crippen LogP contribution in [-0.2, 0) is 22.6 Å². The van der Waals surface area contributed by atoms with Crippen LogP contribution in [0.3, 0.4) is 0 Å². The quantitative estimate of drug-likeness (QED) is 0.818. The highest BCUT2D eigenvalue weighted by molar-refractivity contribution is 7.09. The molecule has 2 aliphatic heterocycles. The summed E-state index contributed by atoms with van der Waals surface area (Å²) < 4.78 is 0. The second-order valence-corrected chi connectivity index (χ2v) is 9.14. The maximum Gasteiger partial charge on any atom is 0.228 e. The fraction of sp³-hybridized carbons (Fsp3) is 0.500. The zero-order chi connectivity index (χ0) is 18.1. The van der Waals surface area contributed by atoms with Gasteiger partial charge in [0.2, 0.25) is 11.8 Å². The third-order valence-electron chi connectivity index (χ3n) is 6.05. The van der Waals surface area contributed by atoms with Gasteiger partial charge in [-0.05, 0) is 59.5 Å². The van der Waals surface area contributed by atoms with Gasteiger partial charge in [0.1, 0.15) is 0 Å². The van der Waals surface area contributed by atoms with Gasteiger partial charge in [0, 0.05) is 17.0 Å². The minimum atomic E-state index is -0.426. The highest BCUT2D eigenvalue weighted by atomic mass is 32.1. The van der Waals surface area contributed by atoms with Crippen LogP contribution in [-0.4, -0.2) is 28.8 Å². The first kappa shape index (κ1) is 17.7. The largest absolute Gasteiger partial charge is 0.351 e. The predicted octanol–water partition coefficient (Wildman–Crippen LogP) is 3.83. The van der Waals surface area contributed by atoms with E-state index in [2.05, 4.69) is 12.2 Å². The molecule has 2 amide bonds. The molecule has 0 radical (unpaired) electrons. The Kier molecular flexibility index (Phi) is 4.88. The molecule has 138 valence electrons. The van der Waals surface area contributed by atoms with Crippen molar-refractivity contribution < 1.29 is 9.59 Å². The molecule has 4 rings (SSSR count). The van der Waals surface area contributed by atoms with E-state index in [0.717, 1.165) is 36.1 Å². The Morgan fingerprint density at radius 1 is 1.31 bits per heavy atom. The van der Waals surface area contributed by atoms with E-state index < -0.39 is 5.41 Å². The summed E-state index contributed by atoms with van der Waals surface area (Å²) in [4.78, 5) is 29.3. The van der Waals surface area contributed by atoms with E-state index in [1.165, 1.54) is 0 Å². The molecule has 2 fully saturated rings. The van der Waals surface area contributed by atoms with Gasteiger partial charge < -0.3 is 10.2 Å². The molecule has 4 heterocycles. The van der Waals surface area contributed by atoms with Crippen molar-refractivity contribution in [2.24, 2.45) is 5.41 Å². The van der Waals surface area contributed by atoms with Crippen LogP contribution in [0.5, 0.6) is 0 Å². The Morgan fingerprint density at radius 3 is 2.88 bits per heavy atom. The fourth-order valence-electron chi connectivity index (χ4n) is 4.76. The normalized spacial score (nSPS) is 27.0. The maximum atomic E-state index is 13.1. The number of thiophene rings is 2. The van der Waals surface area contributed by atoms with Crippen molar-refractivity contribution in [1.29, 1.82) is 0 Å². The van der Waals surface area contributed by atoms with Crippen LogP contribution in [0, 0.1) is 5.41 Å². The lowest BCUT2D eigenvalue weighted by Crippen LogP contribution is -2.49. The van der Waals surface area contributed by atoms with Crippen molar-refractivity contribution in [1.82, 2.24) is 10.2 Å². The number of carbonyl (C=O) groups is 2. The van der Waals surface area contributed by atoms with Crippen molar-refractivity contribution in [3.8, 4) is 0 Å². The minimum absolute atomic E-state index is 0.0481. The summed E-state index contributed by atoms with van der Waals surface area (Å²) in [5, 5.41) is 9.22. The summed E-state index contributed by atoms with van der Waals surface area (Å²) in [5.74, 6) is 0.297. The number of nitrogens with one attached hydrogen (secondary N) is 1. The fourth-order valence-corrected chi connectivity index (χ4v) is 6.07. The number of rotatable bonds is 6. The molecule has 26 heavy (non-hydrogen) atoms. The van der Waals surface area contributed by atoms with Crippen molar-refractivity contribution in [2.45, 2.75) is 57.7 Å². The minimum Gasteiger partial charge on any atom is -0.351 e. The molecule has 6 heteroatoms. The van der Waals surface area contributed by atoms with Crippen molar-refractivity contribution in [2.75, 3.05) is 0 Å². The predicted molar refractivity (Wildman–Crippen MR) is 105 cm³/mol. The molecule has 0 aromatic carbocycles. The SMILES string of the molecule is CC[C@@]1(C(=O)NCc2cccs2)C[C@@H]2CC[C@H]1N2C(=O)Cc1ccsc1. The van der Waals surface area contributed by atoms with Crippen LogP contribution in [0.25, 0.3) is 0 Å². The summed E-state index contributed by atoms with van der Waals surface area (Å²) in [6.45, 7) is 2.67. The van der Waals surface area contributed by atoms with Crippen molar-refractivity contribution >= 4 is 34.5 Å². The first-order chi connectivity index (χ1) is 12.6. The van der Waals surface area contributed by atoms with Crippen molar-refractivity contribution in [3.05, 3.63) is 44.8 Å². The van der Waals surface area contributed by atoms with Gasteiger partial charge in [0.15, 0.2) is 0 Å². The highest BCUT2D eigenvalue weighted by Gasteiger charge is 2.59. The van der Waals surface area contributed by atoms with E-state index in [1.54, 1.807) is 22.7 Å². The van der Waals surface area contributed by atoms with Gasteiger partial charge in [-0.1, -0.05) is 13.0 Å². The molecule has 0 aliphatic carbocycles. The van der Waals surface area contributed by atoms with Gasteiger partial charge in [-0.25, -0.2) is 0 Å². The number of hydrogen-bond donors (Lipinski definition) is 1. The summed E-state index contributed by atoms with van der Waals surface area (Å²) in [7, 11) is 0. The third kappa shape index (κ3) is 2.99. The Labute approximate surface area is 162 Å². The summed E-state index contributed by atoms with van der Waals surface area (Å²) in [6.07, 6.45) is 4.01. The Hall–Kier alpha value is -1.66. The van der Waals surface area contributed by atoms with E-state index in [1.807, 2.05) is 39.2 Å². The van der Waals surface area contributed by atoms with Crippen LogP contribution in [0.4, 0.5) is 0 Å². The lowest BCUT2D eigenvalue weighted by molar-refractivity contribution is -0.136. The van der Waals surface area contributed by atoms with Gasteiger partial charge in [0.05, 0.1) is 18.4 Å². The molecule has 3 atom stereocenters. The van der Waals surface area contributed by atoms with E-state index in [-0.39, 0.29) is 23.9 Å². The zero-order valence-corrected chi connectivity index (χ0v) is 16.6. The summed E-state index contributed by atoms with van der Waals surface area (Å²) in [6, 6.07) is 6.33. The Bertz CT molecular complexity index is 772. The van der Waals surface area contributed by atoms with E-state index in [0.29, 0.717) is 13.0 Å². The second kappa shape index (κ2) is 7.16. The maximum absolute atomic E-state index is 13.1. The number of carbonyl (C=O) groups excluding carboxylic acids is 2. The standard InChI is InChI=1S/C20H24N2O2S2/c1-2-20(19(24)21-12-16-4-3-8-26-16)11-15-5-6-17(20)22(15)18(23)10-14-7-9-25-13-14/h3-4,7-9,13,15,17H,2,5-6,10-12H2,1H3,(H,21,24)/t15-,17+,20+/m0/s1. The molecule has 2 aromatic rings. The van der Waals surface area contributed by atoms with Crippen LogP contribution < -0.4 is 5.32 Å². The van der Waals surface area contributed by atoms with Crippen LogP contribution in [0.2, 0.25) is 0 Å². The summed E-state index contributed by atoms with van der Waals surface area (Å²) in [5.41, 5.74) is 0.653. The molecule has 0 saturated carbocycles. The lowest BCUT2D eigenvalue weighted by Gasteiger charge is -2.35. The van der Waals surface area contributed by atoms with Gasteiger partial charge >= 0.3 is 0 Å². The van der Waals surface area contributed by atoms with Crippen molar-refractivity contribution in [3.63, 3.8) is 0 Å². The molecule has 0 spiro atoms. The molecule has 4 nitrogen and oxygen atoms in total. The molecular weight excluding hydrogens is 364 g/mol. The number of hydrogen-bond acceptors (Lipinski definition) is 4. The van der Waals surface area contributed by atoms with E-state index in [9.17, 15) is 9.59 Å². The second-order valence-electron chi connectivity index (χ2n) is 7.33. The first-order valence-corrected chi connectivity index (χ1v) is 11.1. The Balaban J connectivity index is 1.48. The number of fused-ring (bicyclic) bond motifs is 2. The topological polar surface area (TPSA) is 49.4 Å². The molecule has 2 saturated heterocycles. The van der Waals surface area contributed by atoms with E-state index >= 15 is 0 Å². The molecule has 1 N–H and O–H groups in total. The monoisotopic (exact) mass is 388 g/mol. The smallest absolute Gasteiger partial charge is 0.228 e. The van der Waals surface area contributed by atoms with Crippen LogP contribution in [0.1, 0.15) is 43.0 Å². The highest BCUT2D eigenvalue weighted by Crippen LogP contribution is 2.52. The van der Waals surface area contributed by atoms with Gasteiger partial charge in [-0.2, -0.15) is 11.3 Å². The molecule has 2 bridgehead atoms. The lowest BCUT2D eigenvalue weighted by atomic mass is 9.71. The average Bonchev–Trinajstić information content (AvgIpc) is 3.43. The molecule has 2 aromatic heterocycles. The molecular formula is C20H24N2O2S2. The molecule has 0 unspecified atom stereocenters. The van der Waals surface area contributed by atoms with E-state index in [4.69, 9.17) is 0 Å². The third-order valence-corrected chi connectivity index (χ3v) is 7.66. The first-order valence-electron chi connectivity index (χ1n) is 9.27. The van der Waals surface area contributed by atoms with Gasteiger partial charge in [-0.15, -0.1) is 11.3 Å². The summed E-state index contributed by atoms with van der Waals surface area (Å²) >= 11 is 3.28. The van der Waals surface area contributed by atoms with Crippen LogP contribution in [0.15, 0.2) is 34.3 Å². The molecule has 2 aliphatic rings. The average molecular weight is 389 g/mol. The number of amides is 2. The zero-order valence-electron chi connectivity index (χ0n) is 14.9. The van der Waals surface area contributed by atoms with Gasteiger partial charge in [0.25, 0.3) is 0 Å². The van der Waals surface area contributed by atoms with Crippen LogP contribution >= 0.6 is 22.7 Å².